The summed E-state index contributed by atoms with van der Waals surface area (Å²) >= 11 is 1.88. The summed E-state index contributed by atoms with van der Waals surface area (Å²) in [5.41, 5.74) is -0.171. The van der Waals surface area contributed by atoms with E-state index in [0.29, 0.717) is 6.04 Å². The maximum atomic E-state index is 11.2. The Morgan fingerprint density at radius 2 is 2.06 bits per heavy atom. The van der Waals surface area contributed by atoms with E-state index in [1.165, 1.54) is 0 Å². The van der Waals surface area contributed by atoms with Crippen molar-refractivity contribution >= 4 is 18.0 Å². The second-order valence-corrected chi connectivity index (χ2v) is 5.87. The van der Waals surface area contributed by atoms with Gasteiger partial charge in [-0.1, -0.05) is 27.2 Å². The Balaban J connectivity index is 4.36. The minimum atomic E-state index is -0.171. The van der Waals surface area contributed by atoms with E-state index in [0.717, 1.165) is 37.8 Å². The summed E-state index contributed by atoms with van der Waals surface area (Å²) in [7, 11) is 2.14. The highest BCUT2D eigenvalue weighted by molar-refractivity contribution is 7.98. The minimum absolute atomic E-state index is 0.171. The first kappa shape index (κ1) is 16.0. The van der Waals surface area contributed by atoms with Crippen molar-refractivity contribution in [1.82, 2.24) is 4.90 Å². The summed E-state index contributed by atoms with van der Waals surface area (Å²) in [5, 5.41) is 0. The van der Waals surface area contributed by atoms with Crippen LogP contribution in [0.3, 0.4) is 0 Å². The van der Waals surface area contributed by atoms with Gasteiger partial charge in [-0.3, -0.25) is 0 Å². The van der Waals surface area contributed by atoms with E-state index in [9.17, 15) is 4.79 Å². The fourth-order valence-electron chi connectivity index (χ4n) is 2.19. The van der Waals surface area contributed by atoms with Gasteiger partial charge in [0.05, 0.1) is 0 Å². The van der Waals surface area contributed by atoms with E-state index in [1.807, 2.05) is 11.8 Å². The first-order valence-corrected chi connectivity index (χ1v) is 7.57. The van der Waals surface area contributed by atoms with Crippen LogP contribution in [0, 0.1) is 5.41 Å². The summed E-state index contributed by atoms with van der Waals surface area (Å²) in [6.07, 6.45) is 6.48. The van der Waals surface area contributed by atoms with Crippen LogP contribution in [0.1, 0.15) is 40.0 Å². The molecule has 0 aliphatic heterocycles. The second kappa shape index (κ2) is 8.13. The number of hydrogen-bond donors (Lipinski definition) is 0. The highest BCUT2D eigenvalue weighted by atomic mass is 32.2. The van der Waals surface area contributed by atoms with Crippen molar-refractivity contribution in [1.29, 1.82) is 0 Å². The Labute approximate surface area is 105 Å². The van der Waals surface area contributed by atoms with E-state index in [4.69, 9.17) is 0 Å². The largest absolute Gasteiger partial charge is 0.303 e. The zero-order chi connectivity index (χ0) is 12.6. The van der Waals surface area contributed by atoms with Crippen LogP contribution in [0.5, 0.6) is 0 Å². The van der Waals surface area contributed by atoms with E-state index in [2.05, 4.69) is 39.0 Å². The molecule has 16 heavy (non-hydrogen) atoms. The average molecular weight is 245 g/mol. The summed E-state index contributed by atoms with van der Waals surface area (Å²) < 4.78 is 0. The lowest BCUT2D eigenvalue weighted by atomic mass is 9.86. The molecule has 0 bridgehead atoms. The quantitative estimate of drug-likeness (QED) is 0.582. The molecule has 0 spiro atoms. The minimum Gasteiger partial charge on any atom is -0.303 e. The van der Waals surface area contributed by atoms with Crippen LogP contribution >= 0.6 is 11.8 Å². The summed E-state index contributed by atoms with van der Waals surface area (Å²) in [4.78, 5) is 13.5. The van der Waals surface area contributed by atoms with Gasteiger partial charge in [-0.05, 0) is 26.1 Å². The van der Waals surface area contributed by atoms with Gasteiger partial charge in [0, 0.05) is 23.8 Å². The van der Waals surface area contributed by atoms with Crippen LogP contribution in [0.4, 0.5) is 0 Å². The number of carbonyl (C=O) groups excluding carboxylic acids is 1. The van der Waals surface area contributed by atoms with E-state index in [1.54, 1.807) is 0 Å². The van der Waals surface area contributed by atoms with Crippen LogP contribution in [0.25, 0.3) is 0 Å². The number of aldehydes is 1. The van der Waals surface area contributed by atoms with Gasteiger partial charge in [0.25, 0.3) is 0 Å². The van der Waals surface area contributed by atoms with Crippen molar-refractivity contribution < 1.29 is 4.79 Å². The molecule has 2 atom stereocenters. The molecule has 0 amide bonds. The van der Waals surface area contributed by atoms with Crippen LogP contribution < -0.4 is 0 Å². The van der Waals surface area contributed by atoms with Crippen molar-refractivity contribution in [2.75, 3.05) is 25.6 Å². The summed E-state index contributed by atoms with van der Waals surface area (Å²) in [6.45, 7) is 7.31. The molecule has 0 N–H and O–H groups in total. The Hall–Kier alpha value is -0.0200. The molecule has 0 aromatic rings. The van der Waals surface area contributed by atoms with E-state index < -0.39 is 0 Å². The molecule has 0 saturated heterocycles. The topological polar surface area (TPSA) is 20.3 Å². The molecule has 0 heterocycles. The average Bonchev–Trinajstić information content (AvgIpc) is 2.25. The van der Waals surface area contributed by atoms with Gasteiger partial charge in [-0.2, -0.15) is 11.8 Å². The zero-order valence-corrected chi connectivity index (χ0v) is 12.3. The van der Waals surface area contributed by atoms with Gasteiger partial charge in [0.2, 0.25) is 0 Å². The maximum absolute atomic E-state index is 11.2. The molecular weight excluding hydrogens is 218 g/mol. The lowest BCUT2D eigenvalue weighted by Gasteiger charge is -2.33. The number of nitrogens with zero attached hydrogens (tertiary/aromatic N) is 1. The number of hydrogen-bond acceptors (Lipinski definition) is 3. The molecule has 0 aliphatic carbocycles. The predicted molar refractivity (Wildman–Crippen MR) is 74.2 cm³/mol. The molecule has 0 rings (SSSR count). The number of thioether (sulfide) groups is 1. The van der Waals surface area contributed by atoms with Gasteiger partial charge >= 0.3 is 0 Å². The Morgan fingerprint density at radius 3 is 2.44 bits per heavy atom. The van der Waals surface area contributed by atoms with Gasteiger partial charge in [0.15, 0.2) is 0 Å². The molecule has 0 aromatic carbocycles. The molecule has 2 unspecified atom stereocenters. The third kappa shape index (κ3) is 5.35. The fraction of sp³-hybridized carbons (Fsp3) is 0.923. The van der Waals surface area contributed by atoms with Crippen LogP contribution in [0.2, 0.25) is 0 Å². The van der Waals surface area contributed by atoms with Crippen LogP contribution in [-0.2, 0) is 4.79 Å². The molecule has 3 heteroatoms. The fourth-order valence-corrected chi connectivity index (χ4v) is 3.07. The first-order chi connectivity index (χ1) is 7.52. The van der Waals surface area contributed by atoms with E-state index >= 15 is 0 Å². The van der Waals surface area contributed by atoms with Gasteiger partial charge in [0.1, 0.15) is 6.29 Å². The summed E-state index contributed by atoms with van der Waals surface area (Å²) in [6, 6.07) is 0.589. The standard InChI is InChI=1S/C13H27NOS/c1-6-8-13(3,11-15)10-14(4)12(7-2)9-16-5/h11-12H,6-10H2,1-5H3. The SMILES string of the molecule is CCCC(C)(C=O)CN(C)C(CC)CSC. The Bertz CT molecular complexity index is 198. The monoisotopic (exact) mass is 245 g/mol. The van der Waals surface area contributed by atoms with Crippen molar-refractivity contribution in [3.63, 3.8) is 0 Å². The third-order valence-corrected chi connectivity index (χ3v) is 3.89. The number of carbonyl (C=O) groups is 1. The Morgan fingerprint density at radius 1 is 1.44 bits per heavy atom. The molecule has 0 aromatic heterocycles. The highest BCUT2D eigenvalue weighted by Crippen LogP contribution is 2.23. The lowest BCUT2D eigenvalue weighted by Crippen LogP contribution is -2.41. The predicted octanol–water partition coefficient (Wildman–Crippen LogP) is 3.07. The van der Waals surface area contributed by atoms with Crippen LogP contribution in [-0.4, -0.2) is 42.8 Å². The summed E-state index contributed by atoms with van der Waals surface area (Å²) in [5.74, 6) is 1.15. The zero-order valence-electron chi connectivity index (χ0n) is 11.5. The second-order valence-electron chi connectivity index (χ2n) is 4.95. The van der Waals surface area contributed by atoms with Crippen molar-refractivity contribution in [3.8, 4) is 0 Å². The molecule has 0 saturated carbocycles. The Kier molecular flexibility index (Phi) is 8.12. The van der Waals surface area contributed by atoms with Crippen molar-refractivity contribution in [3.05, 3.63) is 0 Å². The molecular formula is C13H27NOS. The van der Waals surface area contributed by atoms with Crippen molar-refractivity contribution in [2.24, 2.45) is 5.41 Å². The van der Waals surface area contributed by atoms with Crippen LogP contribution in [0.15, 0.2) is 0 Å². The number of rotatable bonds is 9. The van der Waals surface area contributed by atoms with Crippen molar-refractivity contribution in [2.45, 2.75) is 46.1 Å². The van der Waals surface area contributed by atoms with Gasteiger partial charge in [-0.15, -0.1) is 0 Å². The normalized spacial score (nSPS) is 17.1. The van der Waals surface area contributed by atoms with E-state index in [-0.39, 0.29) is 5.41 Å². The molecule has 0 aliphatic rings. The smallest absolute Gasteiger partial charge is 0.127 e. The first-order valence-electron chi connectivity index (χ1n) is 6.18. The lowest BCUT2D eigenvalue weighted by molar-refractivity contribution is -0.116. The molecule has 0 fully saturated rings. The maximum Gasteiger partial charge on any atom is 0.127 e. The highest BCUT2D eigenvalue weighted by Gasteiger charge is 2.26. The van der Waals surface area contributed by atoms with Gasteiger partial charge in [-0.25, -0.2) is 0 Å². The molecule has 2 nitrogen and oxygen atoms in total. The molecule has 96 valence electrons. The third-order valence-electron chi connectivity index (χ3n) is 3.17. The molecule has 0 radical (unpaired) electrons. The van der Waals surface area contributed by atoms with Gasteiger partial charge < -0.3 is 9.69 Å².